The Bertz CT molecular complexity index is 1100. The number of aromatic nitrogens is 2. The molecule has 1 N–H and O–H groups in total. The van der Waals surface area contributed by atoms with E-state index in [-0.39, 0.29) is 23.7 Å². The molecular formula is C22H22N4O4S. The number of methoxy groups -OCH3 is 1. The van der Waals surface area contributed by atoms with Crippen molar-refractivity contribution in [1.82, 2.24) is 15.5 Å². The Balaban J connectivity index is 1.24. The van der Waals surface area contributed by atoms with Gasteiger partial charge in [0, 0.05) is 29.4 Å². The Morgan fingerprint density at radius 2 is 2.06 bits per heavy atom. The first-order valence-corrected chi connectivity index (χ1v) is 11.1. The van der Waals surface area contributed by atoms with E-state index in [1.165, 1.54) is 11.3 Å². The maximum atomic E-state index is 12.5. The Labute approximate surface area is 183 Å². The van der Waals surface area contributed by atoms with Crippen LogP contribution in [0.25, 0.3) is 10.7 Å². The zero-order valence-corrected chi connectivity index (χ0v) is 17.9. The predicted octanol–water partition coefficient (Wildman–Crippen LogP) is 3.35. The van der Waals surface area contributed by atoms with E-state index in [2.05, 4.69) is 15.5 Å². The standard InChI is InChI=1S/C22H22N4O4S/c1-29-16-6-4-15(5-7-16)26-12-14(10-19(26)27)22-24-20(25-30-22)18-9-8-17(31-18)11-23-21(28)13-2-3-13/h4-9,13-14H,2-3,10-12H2,1H3,(H,23,28)/t14-/m0/s1. The summed E-state index contributed by atoms with van der Waals surface area (Å²) in [6.45, 7) is 1.01. The number of amides is 2. The number of anilines is 1. The first kappa shape index (κ1) is 19.7. The van der Waals surface area contributed by atoms with Gasteiger partial charge < -0.3 is 19.5 Å². The van der Waals surface area contributed by atoms with Gasteiger partial charge >= 0.3 is 0 Å². The number of ether oxygens (including phenoxy) is 1. The van der Waals surface area contributed by atoms with Gasteiger partial charge in [-0.1, -0.05) is 5.16 Å². The van der Waals surface area contributed by atoms with Crippen LogP contribution in [-0.2, 0) is 16.1 Å². The zero-order chi connectivity index (χ0) is 21.4. The SMILES string of the molecule is COc1ccc(N2C[C@@H](c3nc(-c4ccc(CNC(=O)C5CC5)s4)no3)CC2=O)cc1. The molecule has 2 fully saturated rings. The summed E-state index contributed by atoms with van der Waals surface area (Å²) in [6.07, 6.45) is 2.32. The van der Waals surface area contributed by atoms with Gasteiger partial charge in [-0.2, -0.15) is 4.98 Å². The van der Waals surface area contributed by atoms with E-state index in [4.69, 9.17) is 9.26 Å². The highest BCUT2D eigenvalue weighted by atomic mass is 32.1. The van der Waals surface area contributed by atoms with Crippen LogP contribution in [-0.4, -0.2) is 35.6 Å². The maximum Gasteiger partial charge on any atom is 0.232 e. The highest BCUT2D eigenvalue weighted by Gasteiger charge is 2.35. The van der Waals surface area contributed by atoms with Gasteiger partial charge in [0.05, 0.1) is 24.4 Å². The Hall–Kier alpha value is -3.20. The molecule has 0 spiro atoms. The molecule has 2 aliphatic rings. The van der Waals surface area contributed by atoms with Crippen LogP contribution in [0.1, 0.15) is 35.9 Å². The molecule has 1 saturated carbocycles. The molecular weight excluding hydrogens is 416 g/mol. The summed E-state index contributed by atoms with van der Waals surface area (Å²) >= 11 is 1.53. The number of hydrogen-bond acceptors (Lipinski definition) is 7. The van der Waals surface area contributed by atoms with E-state index in [0.29, 0.717) is 31.2 Å². The number of nitrogens with one attached hydrogen (secondary N) is 1. The van der Waals surface area contributed by atoms with Crippen LogP contribution in [0.3, 0.4) is 0 Å². The summed E-state index contributed by atoms with van der Waals surface area (Å²) in [5, 5.41) is 7.08. The Morgan fingerprint density at radius 3 is 2.81 bits per heavy atom. The molecule has 1 aliphatic heterocycles. The van der Waals surface area contributed by atoms with E-state index >= 15 is 0 Å². The lowest BCUT2D eigenvalue weighted by molar-refractivity contribution is -0.122. The van der Waals surface area contributed by atoms with Crippen molar-refractivity contribution in [3.63, 3.8) is 0 Å². The smallest absolute Gasteiger partial charge is 0.232 e. The van der Waals surface area contributed by atoms with Gasteiger partial charge in [0.2, 0.25) is 23.5 Å². The molecule has 1 aliphatic carbocycles. The molecule has 2 aromatic heterocycles. The highest BCUT2D eigenvalue weighted by Crippen LogP contribution is 2.34. The van der Waals surface area contributed by atoms with Crippen LogP contribution in [0.2, 0.25) is 0 Å². The van der Waals surface area contributed by atoms with Crippen molar-refractivity contribution >= 4 is 28.8 Å². The minimum absolute atomic E-state index is 0.0275. The third-order valence-electron chi connectivity index (χ3n) is 5.57. The minimum Gasteiger partial charge on any atom is -0.497 e. The average Bonchev–Trinajstić information content (AvgIpc) is 3.17. The summed E-state index contributed by atoms with van der Waals surface area (Å²) in [4.78, 5) is 32.6. The molecule has 8 nitrogen and oxygen atoms in total. The number of benzene rings is 1. The molecule has 2 amide bonds. The van der Waals surface area contributed by atoms with Gasteiger partial charge in [-0.3, -0.25) is 9.59 Å². The lowest BCUT2D eigenvalue weighted by Gasteiger charge is -2.16. The minimum atomic E-state index is -0.145. The fourth-order valence-corrected chi connectivity index (χ4v) is 4.52. The van der Waals surface area contributed by atoms with Crippen molar-refractivity contribution in [2.75, 3.05) is 18.6 Å². The molecule has 3 heterocycles. The summed E-state index contributed by atoms with van der Waals surface area (Å²) in [7, 11) is 1.61. The third kappa shape index (κ3) is 4.18. The second kappa shape index (κ2) is 8.14. The molecule has 1 aromatic carbocycles. The van der Waals surface area contributed by atoms with E-state index in [1.54, 1.807) is 12.0 Å². The number of carbonyl (C=O) groups excluding carboxylic acids is 2. The number of thiophene rings is 1. The van der Waals surface area contributed by atoms with Crippen molar-refractivity contribution in [3.8, 4) is 16.5 Å². The van der Waals surface area contributed by atoms with Gasteiger partial charge in [0.1, 0.15) is 5.75 Å². The third-order valence-corrected chi connectivity index (χ3v) is 6.65. The molecule has 0 unspecified atom stereocenters. The number of hydrogen-bond donors (Lipinski definition) is 1. The lowest BCUT2D eigenvalue weighted by atomic mass is 10.1. The quantitative estimate of drug-likeness (QED) is 0.608. The molecule has 160 valence electrons. The van der Waals surface area contributed by atoms with E-state index < -0.39 is 0 Å². The molecule has 0 bridgehead atoms. The van der Waals surface area contributed by atoms with Crippen LogP contribution in [0.15, 0.2) is 40.9 Å². The Kier molecular flexibility index (Phi) is 5.19. The first-order valence-electron chi connectivity index (χ1n) is 10.3. The lowest BCUT2D eigenvalue weighted by Crippen LogP contribution is -2.24. The first-order chi connectivity index (χ1) is 15.1. The number of carbonyl (C=O) groups is 2. The molecule has 3 aromatic rings. The van der Waals surface area contributed by atoms with Gasteiger partial charge in [-0.15, -0.1) is 11.3 Å². The van der Waals surface area contributed by atoms with E-state index in [0.717, 1.165) is 34.0 Å². The summed E-state index contributed by atoms with van der Waals surface area (Å²) in [5.74, 6) is 1.94. The maximum absolute atomic E-state index is 12.5. The zero-order valence-electron chi connectivity index (χ0n) is 17.0. The largest absolute Gasteiger partial charge is 0.497 e. The van der Waals surface area contributed by atoms with Gasteiger partial charge in [-0.25, -0.2) is 0 Å². The van der Waals surface area contributed by atoms with Crippen LogP contribution >= 0.6 is 11.3 Å². The second-order valence-corrected chi connectivity index (χ2v) is 8.99. The summed E-state index contributed by atoms with van der Waals surface area (Å²) in [5.41, 5.74) is 0.823. The fraction of sp³-hybridized carbons (Fsp3) is 0.364. The van der Waals surface area contributed by atoms with Crippen LogP contribution < -0.4 is 15.0 Å². The summed E-state index contributed by atoms with van der Waals surface area (Å²) < 4.78 is 10.7. The number of rotatable bonds is 7. The van der Waals surface area contributed by atoms with E-state index in [9.17, 15) is 9.59 Å². The second-order valence-electron chi connectivity index (χ2n) is 7.82. The summed E-state index contributed by atoms with van der Waals surface area (Å²) in [6, 6.07) is 11.3. The number of nitrogens with zero attached hydrogens (tertiary/aromatic N) is 3. The van der Waals surface area contributed by atoms with Crippen molar-refractivity contribution in [2.24, 2.45) is 5.92 Å². The van der Waals surface area contributed by atoms with Crippen molar-refractivity contribution in [1.29, 1.82) is 0 Å². The highest BCUT2D eigenvalue weighted by molar-refractivity contribution is 7.15. The molecule has 1 saturated heterocycles. The predicted molar refractivity (Wildman–Crippen MR) is 115 cm³/mol. The molecule has 5 rings (SSSR count). The Morgan fingerprint density at radius 1 is 1.26 bits per heavy atom. The van der Waals surface area contributed by atoms with Crippen molar-refractivity contribution in [2.45, 2.75) is 31.7 Å². The van der Waals surface area contributed by atoms with Gasteiger partial charge in [0.25, 0.3) is 0 Å². The van der Waals surface area contributed by atoms with Crippen LogP contribution in [0.4, 0.5) is 5.69 Å². The molecule has 0 radical (unpaired) electrons. The fourth-order valence-electron chi connectivity index (χ4n) is 3.64. The van der Waals surface area contributed by atoms with E-state index in [1.807, 2.05) is 36.4 Å². The van der Waals surface area contributed by atoms with Crippen LogP contribution in [0.5, 0.6) is 5.75 Å². The van der Waals surface area contributed by atoms with Crippen molar-refractivity contribution < 1.29 is 18.8 Å². The molecule has 1 atom stereocenters. The van der Waals surface area contributed by atoms with Gasteiger partial charge in [-0.05, 0) is 49.2 Å². The molecule has 31 heavy (non-hydrogen) atoms. The van der Waals surface area contributed by atoms with Gasteiger partial charge in [0.15, 0.2) is 0 Å². The van der Waals surface area contributed by atoms with Crippen LogP contribution in [0, 0.1) is 5.92 Å². The monoisotopic (exact) mass is 438 g/mol. The average molecular weight is 439 g/mol. The topological polar surface area (TPSA) is 97.6 Å². The normalized spacial score (nSPS) is 18.4. The van der Waals surface area contributed by atoms with Crippen molar-refractivity contribution in [3.05, 3.63) is 47.2 Å². The molecule has 9 heteroatoms.